The smallest absolute Gasteiger partial charge is 0.249 e. The topological polar surface area (TPSA) is 59.8 Å². The quantitative estimate of drug-likeness (QED) is 0.633. The Kier molecular flexibility index (Phi) is 5.15. The monoisotopic (exact) mass is 416 g/mol. The molecule has 1 N–H and O–H groups in total. The lowest BCUT2D eigenvalue weighted by Crippen LogP contribution is -2.12. The molecular weight excluding hydrogens is 400 g/mol. The third-order valence-corrected chi connectivity index (χ3v) is 4.96. The van der Waals surface area contributed by atoms with Crippen LogP contribution in [0.2, 0.25) is 0 Å². The molecule has 0 fully saturated rings. The highest BCUT2D eigenvalue weighted by molar-refractivity contribution is 9.10. The number of halogens is 1. The number of hydrogen-bond acceptors (Lipinski definition) is 4. The summed E-state index contributed by atoms with van der Waals surface area (Å²) in [4.78, 5) is 16.6. The fourth-order valence-electron chi connectivity index (χ4n) is 2.54. The van der Waals surface area contributed by atoms with Crippen molar-refractivity contribution >= 4 is 45.1 Å². The van der Waals surface area contributed by atoms with Gasteiger partial charge in [-0.2, -0.15) is 5.10 Å². The van der Waals surface area contributed by atoms with Gasteiger partial charge in [-0.15, -0.1) is 11.3 Å². The number of carbonyl (C=O) groups excluding carboxylic acids is 1. The molecule has 0 spiro atoms. The molecule has 3 rings (SSSR count). The van der Waals surface area contributed by atoms with Crippen LogP contribution >= 0.6 is 27.3 Å². The van der Waals surface area contributed by atoms with Crippen LogP contribution in [0.1, 0.15) is 16.4 Å². The molecule has 2 heterocycles. The van der Waals surface area contributed by atoms with Crippen molar-refractivity contribution < 1.29 is 4.79 Å². The number of amides is 1. The number of carbonyl (C=O) groups is 1. The molecule has 0 atom stereocenters. The van der Waals surface area contributed by atoms with Gasteiger partial charge in [-0.1, -0.05) is 28.1 Å². The minimum absolute atomic E-state index is 0.216. The second-order valence-electron chi connectivity index (χ2n) is 5.55. The lowest BCUT2D eigenvalue weighted by atomic mass is 10.1. The van der Waals surface area contributed by atoms with E-state index in [9.17, 15) is 4.79 Å². The third-order valence-electron chi connectivity index (χ3n) is 3.64. The van der Waals surface area contributed by atoms with Gasteiger partial charge >= 0.3 is 0 Å². The molecule has 0 aliphatic rings. The molecule has 0 bridgehead atoms. The fraction of sp³-hybridized carbons (Fsp3) is 0.167. The average Bonchev–Trinajstić information content (AvgIpc) is 3.10. The summed E-state index contributed by atoms with van der Waals surface area (Å²) in [5.74, 6) is 0.455. The van der Waals surface area contributed by atoms with E-state index in [0.717, 1.165) is 32.0 Å². The van der Waals surface area contributed by atoms with Gasteiger partial charge in [-0.3, -0.25) is 9.48 Å². The first kappa shape index (κ1) is 17.6. The summed E-state index contributed by atoms with van der Waals surface area (Å²) in [7, 11) is 1.82. The van der Waals surface area contributed by atoms with Crippen LogP contribution in [-0.2, 0) is 11.8 Å². The Hall–Kier alpha value is -2.25. The number of nitrogens with zero attached hydrogens (tertiary/aromatic N) is 3. The van der Waals surface area contributed by atoms with Crippen LogP contribution in [-0.4, -0.2) is 20.7 Å². The fourth-order valence-corrected chi connectivity index (χ4v) is 3.38. The van der Waals surface area contributed by atoms with Gasteiger partial charge in [-0.05, 0) is 37.6 Å². The molecule has 7 heteroatoms. The predicted octanol–water partition coefficient (Wildman–Crippen LogP) is 4.57. The van der Waals surface area contributed by atoms with Crippen molar-refractivity contribution in [2.75, 3.05) is 5.32 Å². The minimum atomic E-state index is -0.216. The predicted molar refractivity (Wildman–Crippen MR) is 106 cm³/mol. The molecule has 25 heavy (non-hydrogen) atoms. The Morgan fingerprint density at radius 3 is 2.64 bits per heavy atom. The normalized spacial score (nSPS) is 11.2. The summed E-state index contributed by atoms with van der Waals surface area (Å²) in [6, 6.07) is 7.94. The highest BCUT2D eigenvalue weighted by Gasteiger charge is 2.16. The largest absolute Gasteiger partial charge is 0.307 e. The first-order chi connectivity index (χ1) is 11.9. The first-order valence-electron chi connectivity index (χ1n) is 7.65. The number of hydrogen-bond donors (Lipinski definition) is 1. The average molecular weight is 417 g/mol. The lowest BCUT2D eigenvalue weighted by Gasteiger charge is -2.07. The first-order valence-corrected chi connectivity index (χ1v) is 9.32. The minimum Gasteiger partial charge on any atom is -0.307 e. The molecule has 0 aliphatic carbocycles. The van der Waals surface area contributed by atoms with E-state index in [2.05, 4.69) is 31.3 Å². The summed E-state index contributed by atoms with van der Waals surface area (Å²) in [5, 5.41) is 10.3. The molecule has 0 unspecified atom stereocenters. The summed E-state index contributed by atoms with van der Waals surface area (Å²) >= 11 is 4.99. The molecule has 1 aromatic carbocycles. The van der Waals surface area contributed by atoms with Crippen molar-refractivity contribution in [3.05, 3.63) is 56.6 Å². The summed E-state index contributed by atoms with van der Waals surface area (Å²) in [6.45, 7) is 3.87. The van der Waals surface area contributed by atoms with Crippen LogP contribution in [0.3, 0.4) is 0 Å². The maximum atomic E-state index is 12.3. The zero-order valence-electron chi connectivity index (χ0n) is 14.1. The zero-order chi connectivity index (χ0) is 18.0. The van der Waals surface area contributed by atoms with Crippen LogP contribution in [0.5, 0.6) is 0 Å². The molecule has 0 saturated heterocycles. The van der Waals surface area contributed by atoms with Gasteiger partial charge in [0.05, 0.1) is 16.4 Å². The molecule has 1 amide bonds. The maximum Gasteiger partial charge on any atom is 0.249 e. The molecule has 2 aromatic heterocycles. The van der Waals surface area contributed by atoms with E-state index in [-0.39, 0.29) is 5.91 Å². The Morgan fingerprint density at radius 1 is 1.28 bits per heavy atom. The highest BCUT2D eigenvalue weighted by Crippen LogP contribution is 2.31. The van der Waals surface area contributed by atoms with Crippen molar-refractivity contribution in [1.82, 2.24) is 14.8 Å². The van der Waals surface area contributed by atoms with Gasteiger partial charge in [0.2, 0.25) is 5.91 Å². The van der Waals surface area contributed by atoms with E-state index >= 15 is 0 Å². The van der Waals surface area contributed by atoms with Gasteiger partial charge in [0.1, 0.15) is 5.82 Å². The molecule has 0 radical (unpaired) electrons. The Bertz CT molecular complexity index is 941. The number of nitrogens with one attached hydrogen (secondary N) is 1. The van der Waals surface area contributed by atoms with Gasteiger partial charge in [0, 0.05) is 28.5 Å². The molecule has 128 valence electrons. The van der Waals surface area contributed by atoms with E-state index in [0.29, 0.717) is 5.82 Å². The summed E-state index contributed by atoms with van der Waals surface area (Å²) < 4.78 is 2.69. The van der Waals surface area contributed by atoms with Gasteiger partial charge in [0.25, 0.3) is 0 Å². The van der Waals surface area contributed by atoms with Crippen molar-refractivity contribution in [2.45, 2.75) is 13.8 Å². The number of anilines is 1. The summed E-state index contributed by atoms with van der Waals surface area (Å²) in [5.41, 5.74) is 3.57. The highest BCUT2D eigenvalue weighted by atomic mass is 79.9. The van der Waals surface area contributed by atoms with Crippen LogP contribution in [0.25, 0.3) is 17.2 Å². The standard InChI is InChI=1S/C18H17BrN4OS/c1-11-17(13-4-6-14(19)7-5-13)18(23(3)22-11)21-16(24)9-8-15-10-25-12(2)20-15/h4-10H,1-3H3,(H,21,24)/b9-8+. The van der Waals surface area contributed by atoms with E-state index in [1.807, 2.05) is 50.5 Å². The SMILES string of the molecule is Cc1nc(/C=C/C(=O)Nc2c(-c3ccc(Br)cc3)c(C)nn2C)cs1. The molecule has 0 saturated carbocycles. The number of aromatic nitrogens is 3. The summed E-state index contributed by atoms with van der Waals surface area (Å²) in [6.07, 6.45) is 3.20. The molecular formula is C18H17BrN4OS. The van der Waals surface area contributed by atoms with Crippen molar-refractivity contribution in [2.24, 2.45) is 7.05 Å². The van der Waals surface area contributed by atoms with Crippen molar-refractivity contribution in [3.63, 3.8) is 0 Å². The molecule has 5 nitrogen and oxygen atoms in total. The van der Waals surface area contributed by atoms with Gasteiger partial charge < -0.3 is 5.32 Å². The number of aryl methyl sites for hydroxylation is 3. The number of rotatable bonds is 4. The third kappa shape index (κ3) is 4.05. The van der Waals surface area contributed by atoms with E-state index in [1.54, 1.807) is 22.1 Å². The Balaban J connectivity index is 1.86. The van der Waals surface area contributed by atoms with Gasteiger partial charge in [-0.25, -0.2) is 4.98 Å². The van der Waals surface area contributed by atoms with Crippen molar-refractivity contribution in [3.8, 4) is 11.1 Å². The Labute approximate surface area is 158 Å². The second-order valence-corrected chi connectivity index (χ2v) is 7.53. The van der Waals surface area contributed by atoms with Crippen LogP contribution in [0.15, 0.2) is 40.2 Å². The number of benzene rings is 1. The zero-order valence-corrected chi connectivity index (χ0v) is 16.5. The maximum absolute atomic E-state index is 12.3. The van der Waals surface area contributed by atoms with Crippen molar-refractivity contribution in [1.29, 1.82) is 0 Å². The number of thiazole rings is 1. The second kappa shape index (κ2) is 7.33. The van der Waals surface area contributed by atoms with Crippen LogP contribution < -0.4 is 5.32 Å². The van der Waals surface area contributed by atoms with E-state index in [1.165, 1.54) is 6.08 Å². The molecule has 0 aliphatic heterocycles. The van der Waals surface area contributed by atoms with Crippen LogP contribution in [0, 0.1) is 13.8 Å². The van der Waals surface area contributed by atoms with E-state index in [4.69, 9.17) is 0 Å². The van der Waals surface area contributed by atoms with Gasteiger partial charge in [0.15, 0.2) is 0 Å². The van der Waals surface area contributed by atoms with Crippen LogP contribution in [0.4, 0.5) is 5.82 Å². The Morgan fingerprint density at radius 2 is 2.00 bits per heavy atom. The molecule has 3 aromatic rings. The van der Waals surface area contributed by atoms with E-state index < -0.39 is 0 Å². The lowest BCUT2D eigenvalue weighted by molar-refractivity contribution is -0.111.